The molecule has 1 saturated heterocycles. The molecule has 2 N–H and O–H groups in total. The van der Waals surface area contributed by atoms with Gasteiger partial charge in [-0.1, -0.05) is 0 Å². The van der Waals surface area contributed by atoms with Gasteiger partial charge in [-0.25, -0.2) is 0 Å². The first-order valence-corrected chi connectivity index (χ1v) is 3.14. The molecule has 0 aromatic heterocycles. The molecule has 0 saturated carbocycles. The SMILES string of the molecule is C[C@@H]1O[C@H](C)C(O)[C@H]1O. The summed E-state index contributed by atoms with van der Waals surface area (Å²) >= 11 is 0. The molecule has 0 aliphatic carbocycles. The molecule has 1 heterocycles. The van der Waals surface area contributed by atoms with Crippen molar-refractivity contribution in [3.05, 3.63) is 0 Å². The second-order valence-electron chi connectivity index (χ2n) is 2.53. The van der Waals surface area contributed by atoms with Gasteiger partial charge in [0.15, 0.2) is 0 Å². The number of ether oxygens (including phenoxy) is 1. The van der Waals surface area contributed by atoms with Crippen LogP contribution >= 0.6 is 0 Å². The topological polar surface area (TPSA) is 49.7 Å². The minimum atomic E-state index is -0.708. The molecule has 1 rings (SSSR count). The van der Waals surface area contributed by atoms with Crippen LogP contribution in [-0.2, 0) is 4.74 Å². The summed E-state index contributed by atoms with van der Waals surface area (Å²) in [5.41, 5.74) is 0. The van der Waals surface area contributed by atoms with Gasteiger partial charge in [0.2, 0.25) is 0 Å². The highest BCUT2D eigenvalue weighted by molar-refractivity contribution is 4.85. The summed E-state index contributed by atoms with van der Waals surface area (Å²) < 4.78 is 5.09. The first kappa shape index (κ1) is 6.99. The van der Waals surface area contributed by atoms with E-state index in [2.05, 4.69) is 0 Å². The van der Waals surface area contributed by atoms with Crippen molar-refractivity contribution in [1.29, 1.82) is 0 Å². The van der Waals surface area contributed by atoms with Crippen LogP contribution in [0.15, 0.2) is 0 Å². The number of hydrogen-bond donors (Lipinski definition) is 2. The third-order valence-electron chi connectivity index (χ3n) is 1.74. The van der Waals surface area contributed by atoms with Crippen molar-refractivity contribution in [3.8, 4) is 0 Å². The van der Waals surface area contributed by atoms with Crippen LogP contribution in [0.4, 0.5) is 0 Å². The van der Waals surface area contributed by atoms with E-state index in [1.54, 1.807) is 13.8 Å². The molecule has 0 spiro atoms. The summed E-state index contributed by atoms with van der Waals surface area (Å²) in [6, 6.07) is 0. The highest BCUT2D eigenvalue weighted by Gasteiger charge is 2.36. The summed E-state index contributed by atoms with van der Waals surface area (Å²) in [5.74, 6) is 0. The summed E-state index contributed by atoms with van der Waals surface area (Å²) in [5, 5.41) is 18.1. The molecule has 0 aromatic rings. The fourth-order valence-corrected chi connectivity index (χ4v) is 1.05. The lowest BCUT2D eigenvalue weighted by Crippen LogP contribution is -2.30. The van der Waals surface area contributed by atoms with Crippen LogP contribution in [0.3, 0.4) is 0 Å². The molecule has 0 radical (unpaired) electrons. The van der Waals surface area contributed by atoms with E-state index >= 15 is 0 Å². The third-order valence-corrected chi connectivity index (χ3v) is 1.74. The molecule has 1 unspecified atom stereocenters. The molecular weight excluding hydrogens is 120 g/mol. The Kier molecular flexibility index (Phi) is 1.75. The van der Waals surface area contributed by atoms with Crippen molar-refractivity contribution in [3.63, 3.8) is 0 Å². The van der Waals surface area contributed by atoms with E-state index in [4.69, 9.17) is 14.9 Å². The lowest BCUT2D eigenvalue weighted by Gasteiger charge is -2.08. The molecule has 0 aromatic carbocycles. The van der Waals surface area contributed by atoms with E-state index in [1.807, 2.05) is 0 Å². The zero-order chi connectivity index (χ0) is 7.02. The second kappa shape index (κ2) is 2.25. The Morgan fingerprint density at radius 2 is 1.33 bits per heavy atom. The maximum absolute atomic E-state index is 9.06. The Labute approximate surface area is 54.3 Å². The van der Waals surface area contributed by atoms with Gasteiger partial charge in [-0.3, -0.25) is 0 Å². The third kappa shape index (κ3) is 1.08. The average Bonchev–Trinajstić information content (AvgIpc) is 1.98. The molecule has 3 nitrogen and oxygen atoms in total. The zero-order valence-electron chi connectivity index (χ0n) is 5.61. The predicted molar refractivity (Wildman–Crippen MR) is 32.0 cm³/mol. The van der Waals surface area contributed by atoms with E-state index in [-0.39, 0.29) is 12.2 Å². The van der Waals surface area contributed by atoms with Gasteiger partial charge in [-0.05, 0) is 13.8 Å². The number of hydrogen-bond acceptors (Lipinski definition) is 3. The van der Waals surface area contributed by atoms with Crippen LogP contribution < -0.4 is 0 Å². The molecular formula is C6H12O3. The molecule has 4 atom stereocenters. The number of aliphatic hydroxyl groups is 2. The molecule has 1 aliphatic rings. The highest BCUT2D eigenvalue weighted by atomic mass is 16.5. The Bertz CT molecular complexity index is 92.5. The van der Waals surface area contributed by atoms with Crippen molar-refractivity contribution in [2.45, 2.75) is 38.3 Å². The lowest BCUT2D eigenvalue weighted by atomic mass is 10.1. The molecule has 3 heteroatoms. The molecule has 54 valence electrons. The van der Waals surface area contributed by atoms with Gasteiger partial charge in [0, 0.05) is 0 Å². The summed E-state index contributed by atoms with van der Waals surface area (Å²) in [6.07, 6.45) is -1.87. The van der Waals surface area contributed by atoms with E-state index in [1.165, 1.54) is 0 Å². The van der Waals surface area contributed by atoms with Crippen molar-refractivity contribution in [1.82, 2.24) is 0 Å². The van der Waals surface area contributed by atoms with Gasteiger partial charge < -0.3 is 14.9 Å². The Hall–Kier alpha value is -0.120. The largest absolute Gasteiger partial charge is 0.388 e. The van der Waals surface area contributed by atoms with Crippen LogP contribution in [0, 0.1) is 0 Å². The van der Waals surface area contributed by atoms with Gasteiger partial charge in [0.05, 0.1) is 12.2 Å². The normalized spacial score (nSPS) is 52.0. The first-order chi connectivity index (χ1) is 4.13. The van der Waals surface area contributed by atoms with Gasteiger partial charge in [-0.2, -0.15) is 0 Å². The minimum absolute atomic E-state index is 0.227. The van der Waals surface area contributed by atoms with Crippen LogP contribution in [0.25, 0.3) is 0 Å². The average molecular weight is 132 g/mol. The lowest BCUT2D eigenvalue weighted by molar-refractivity contribution is 0.0281. The van der Waals surface area contributed by atoms with Crippen molar-refractivity contribution in [2.75, 3.05) is 0 Å². The van der Waals surface area contributed by atoms with Crippen molar-refractivity contribution < 1.29 is 14.9 Å². The summed E-state index contributed by atoms with van der Waals surface area (Å²) in [4.78, 5) is 0. The number of aliphatic hydroxyl groups excluding tert-OH is 2. The van der Waals surface area contributed by atoms with Crippen molar-refractivity contribution >= 4 is 0 Å². The molecule has 9 heavy (non-hydrogen) atoms. The first-order valence-electron chi connectivity index (χ1n) is 3.14. The quantitative estimate of drug-likeness (QED) is 0.468. The molecule has 0 amide bonds. The van der Waals surface area contributed by atoms with Gasteiger partial charge in [0.1, 0.15) is 12.2 Å². The van der Waals surface area contributed by atoms with Crippen LogP contribution in [0.5, 0.6) is 0 Å². The highest BCUT2D eigenvalue weighted by Crippen LogP contribution is 2.19. The standard InChI is InChI=1S/C6H12O3/c1-3-5(7)6(8)4(2)9-3/h3-8H,1-2H3/t3-,4+,5-,6?/m0/s1. The maximum Gasteiger partial charge on any atom is 0.108 e. The second-order valence-corrected chi connectivity index (χ2v) is 2.53. The number of rotatable bonds is 0. The Morgan fingerprint density at radius 1 is 1.00 bits per heavy atom. The molecule has 0 bridgehead atoms. The van der Waals surface area contributed by atoms with E-state index < -0.39 is 12.2 Å². The zero-order valence-corrected chi connectivity index (χ0v) is 5.61. The van der Waals surface area contributed by atoms with E-state index in [9.17, 15) is 0 Å². The molecule has 1 fully saturated rings. The smallest absolute Gasteiger partial charge is 0.108 e. The fourth-order valence-electron chi connectivity index (χ4n) is 1.05. The van der Waals surface area contributed by atoms with Gasteiger partial charge in [0.25, 0.3) is 0 Å². The Balaban J connectivity index is 2.54. The van der Waals surface area contributed by atoms with Crippen molar-refractivity contribution in [2.24, 2.45) is 0 Å². The maximum atomic E-state index is 9.06. The van der Waals surface area contributed by atoms with Crippen LogP contribution in [0.1, 0.15) is 13.8 Å². The summed E-state index contributed by atoms with van der Waals surface area (Å²) in [6.45, 7) is 3.49. The minimum Gasteiger partial charge on any atom is -0.388 e. The van der Waals surface area contributed by atoms with Crippen LogP contribution in [-0.4, -0.2) is 34.6 Å². The predicted octanol–water partition coefficient (Wildman–Crippen LogP) is -0.485. The monoisotopic (exact) mass is 132 g/mol. The van der Waals surface area contributed by atoms with Gasteiger partial charge >= 0.3 is 0 Å². The molecule has 1 aliphatic heterocycles. The Morgan fingerprint density at radius 3 is 1.44 bits per heavy atom. The van der Waals surface area contributed by atoms with Crippen LogP contribution in [0.2, 0.25) is 0 Å². The van der Waals surface area contributed by atoms with E-state index in [0.29, 0.717) is 0 Å². The van der Waals surface area contributed by atoms with E-state index in [0.717, 1.165) is 0 Å². The fraction of sp³-hybridized carbons (Fsp3) is 1.00. The summed E-state index contributed by atoms with van der Waals surface area (Å²) in [7, 11) is 0. The van der Waals surface area contributed by atoms with Gasteiger partial charge in [-0.15, -0.1) is 0 Å².